The Labute approximate surface area is 105 Å². The molecule has 0 aromatic heterocycles. The number of hydrogen-bond acceptors (Lipinski definition) is 3. The molecule has 1 saturated heterocycles. The average molecular weight is 253 g/mol. The van der Waals surface area contributed by atoms with Gasteiger partial charge in [-0.3, -0.25) is 0 Å². The molecule has 0 aliphatic carbocycles. The monoisotopic (exact) mass is 253 g/mol. The molecule has 0 amide bonds. The number of halogens is 1. The van der Waals surface area contributed by atoms with Gasteiger partial charge in [-0.25, -0.2) is 9.18 Å². The van der Waals surface area contributed by atoms with Crippen molar-refractivity contribution < 1.29 is 19.0 Å². The van der Waals surface area contributed by atoms with Crippen LogP contribution in [0.5, 0.6) is 0 Å². The highest BCUT2D eigenvalue weighted by Crippen LogP contribution is 2.22. The van der Waals surface area contributed by atoms with E-state index in [4.69, 9.17) is 4.74 Å². The molecule has 0 radical (unpaired) electrons. The fourth-order valence-corrected chi connectivity index (χ4v) is 2.20. The molecule has 18 heavy (non-hydrogen) atoms. The Kier molecular flexibility index (Phi) is 3.81. The van der Waals surface area contributed by atoms with Crippen molar-refractivity contribution in [3.63, 3.8) is 0 Å². The molecule has 1 aromatic carbocycles. The van der Waals surface area contributed by atoms with Crippen LogP contribution in [-0.2, 0) is 9.53 Å². The maximum atomic E-state index is 13.2. The van der Waals surface area contributed by atoms with Gasteiger partial charge in [-0.2, -0.15) is 0 Å². The van der Waals surface area contributed by atoms with Crippen molar-refractivity contribution in [1.29, 1.82) is 0 Å². The molecule has 1 fully saturated rings. The molecule has 5 heteroatoms. The number of carbonyl (C=O) groups is 1. The molecule has 2 unspecified atom stereocenters. The number of rotatable bonds is 4. The zero-order chi connectivity index (χ0) is 13.1. The van der Waals surface area contributed by atoms with Crippen LogP contribution in [0.3, 0.4) is 0 Å². The summed E-state index contributed by atoms with van der Waals surface area (Å²) in [6, 6.07) is 3.70. The second-order valence-electron chi connectivity index (χ2n) is 4.60. The lowest BCUT2D eigenvalue weighted by atomic mass is 9.98. The van der Waals surface area contributed by atoms with Crippen molar-refractivity contribution in [1.82, 2.24) is 0 Å². The van der Waals surface area contributed by atoms with Gasteiger partial charge in [-0.15, -0.1) is 0 Å². The topological polar surface area (TPSA) is 58.6 Å². The number of aliphatic carboxylic acids is 1. The Bertz CT molecular complexity index is 424. The van der Waals surface area contributed by atoms with Crippen LogP contribution >= 0.6 is 0 Å². The smallest absolute Gasteiger partial charge is 0.326 e. The van der Waals surface area contributed by atoms with E-state index in [1.807, 2.05) is 0 Å². The van der Waals surface area contributed by atoms with Crippen molar-refractivity contribution in [2.45, 2.75) is 19.4 Å². The van der Waals surface area contributed by atoms with Crippen molar-refractivity contribution in [2.24, 2.45) is 5.92 Å². The molecule has 1 aliphatic heterocycles. The third-order valence-electron chi connectivity index (χ3n) is 3.07. The largest absolute Gasteiger partial charge is 0.480 e. The summed E-state index contributed by atoms with van der Waals surface area (Å²) < 4.78 is 18.4. The van der Waals surface area contributed by atoms with Crippen molar-refractivity contribution in [2.75, 3.05) is 18.5 Å². The van der Waals surface area contributed by atoms with E-state index in [2.05, 4.69) is 5.32 Å². The van der Waals surface area contributed by atoms with Gasteiger partial charge in [0.05, 0.1) is 6.61 Å². The Morgan fingerprint density at radius 3 is 2.89 bits per heavy atom. The number of hydrogen-bond donors (Lipinski definition) is 2. The van der Waals surface area contributed by atoms with Gasteiger partial charge in [-0.1, -0.05) is 0 Å². The van der Waals surface area contributed by atoms with Gasteiger partial charge in [0.15, 0.2) is 0 Å². The highest BCUT2D eigenvalue weighted by molar-refractivity contribution is 5.77. The third-order valence-corrected chi connectivity index (χ3v) is 3.07. The van der Waals surface area contributed by atoms with Crippen LogP contribution in [0.4, 0.5) is 10.1 Å². The number of anilines is 1. The van der Waals surface area contributed by atoms with Gasteiger partial charge >= 0.3 is 5.97 Å². The van der Waals surface area contributed by atoms with Crippen LogP contribution in [0.2, 0.25) is 0 Å². The first-order valence-corrected chi connectivity index (χ1v) is 5.90. The van der Waals surface area contributed by atoms with Gasteiger partial charge in [0.1, 0.15) is 11.9 Å². The first kappa shape index (κ1) is 12.8. The molecule has 4 nitrogen and oxygen atoms in total. The standard InChI is InChI=1S/C13H16FNO3/c1-8-4-10(14)6-11(5-8)15-12(13(16)17)9-2-3-18-7-9/h4-6,9,12,15H,2-3,7H2,1H3,(H,16,17). The molecule has 2 rings (SSSR count). The van der Waals surface area contributed by atoms with Crippen LogP contribution in [0.1, 0.15) is 12.0 Å². The van der Waals surface area contributed by atoms with Gasteiger partial charge in [0.25, 0.3) is 0 Å². The second-order valence-corrected chi connectivity index (χ2v) is 4.60. The number of aryl methyl sites for hydroxylation is 1. The zero-order valence-electron chi connectivity index (χ0n) is 10.1. The molecule has 0 spiro atoms. The molecule has 98 valence electrons. The molecule has 1 heterocycles. The molecule has 2 N–H and O–H groups in total. The molecule has 1 aliphatic rings. The normalized spacial score (nSPS) is 20.7. The number of carboxylic acid groups (broad SMARTS) is 1. The Balaban J connectivity index is 2.15. The second kappa shape index (κ2) is 5.35. The Hall–Kier alpha value is -1.62. The van der Waals surface area contributed by atoms with E-state index in [9.17, 15) is 14.3 Å². The summed E-state index contributed by atoms with van der Waals surface area (Å²) in [5.41, 5.74) is 1.25. The lowest BCUT2D eigenvalue weighted by molar-refractivity contribution is -0.139. The van der Waals surface area contributed by atoms with Crippen LogP contribution in [0.15, 0.2) is 18.2 Å². The highest BCUT2D eigenvalue weighted by atomic mass is 19.1. The van der Waals surface area contributed by atoms with Gasteiger partial charge in [0.2, 0.25) is 0 Å². The maximum absolute atomic E-state index is 13.2. The molecule has 2 atom stereocenters. The first-order chi connectivity index (χ1) is 8.56. The Morgan fingerprint density at radius 2 is 2.33 bits per heavy atom. The number of ether oxygens (including phenoxy) is 1. The van der Waals surface area contributed by atoms with E-state index in [-0.39, 0.29) is 11.7 Å². The van der Waals surface area contributed by atoms with E-state index in [0.29, 0.717) is 25.3 Å². The summed E-state index contributed by atoms with van der Waals surface area (Å²) in [5, 5.41) is 12.1. The zero-order valence-corrected chi connectivity index (χ0v) is 10.1. The van der Waals surface area contributed by atoms with Crippen LogP contribution in [-0.4, -0.2) is 30.3 Å². The quantitative estimate of drug-likeness (QED) is 0.862. The summed E-state index contributed by atoms with van der Waals surface area (Å²) in [7, 11) is 0. The van der Waals surface area contributed by atoms with Gasteiger partial charge < -0.3 is 15.2 Å². The van der Waals surface area contributed by atoms with Crippen LogP contribution in [0.25, 0.3) is 0 Å². The average Bonchev–Trinajstić information content (AvgIpc) is 2.77. The van der Waals surface area contributed by atoms with Crippen molar-refractivity contribution in [3.8, 4) is 0 Å². The fraction of sp³-hybridized carbons (Fsp3) is 0.462. The number of carboxylic acids is 1. The SMILES string of the molecule is Cc1cc(F)cc(NC(C(=O)O)C2CCOC2)c1. The lowest BCUT2D eigenvalue weighted by Gasteiger charge is -2.21. The van der Waals surface area contributed by atoms with E-state index in [1.165, 1.54) is 12.1 Å². The molecule has 0 saturated carbocycles. The summed E-state index contributed by atoms with van der Waals surface area (Å²) >= 11 is 0. The van der Waals surface area contributed by atoms with Crippen molar-refractivity contribution >= 4 is 11.7 Å². The number of nitrogens with one attached hydrogen (secondary N) is 1. The Morgan fingerprint density at radius 1 is 1.56 bits per heavy atom. The lowest BCUT2D eigenvalue weighted by Crippen LogP contribution is -2.37. The minimum Gasteiger partial charge on any atom is -0.480 e. The van der Waals surface area contributed by atoms with E-state index >= 15 is 0 Å². The summed E-state index contributed by atoms with van der Waals surface area (Å²) in [4.78, 5) is 11.2. The minimum atomic E-state index is -0.938. The van der Waals surface area contributed by atoms with Gasteiger partial charge in [0, 0.05) is 18.2 Å². The molecular weight excluding hydrogens is 237 g/mol. The highest BCUT2D eigenvalue weighted by Gasteiger charge is 2.31. The third kappa shape index (κ3) is 2.98. The summed E-state index contributed by atoms with van der Waals surface area (Å²) in [6.07, 6.45) is 0.707. The number of benzene rings is 1. The summed E-state index contributed by atoms with van der Waals surface area (Å²) in [5.74, 6) is -1.39. The van der Waals surface area contributed by atoms with Crippen LogP contribution < -0.4 is 5.32 Å². The van der Waals surface area contributed by atoms with E-state index in [0.717, 1.165) is 5.56 Å². The van der Waals surface area contributed by atoms with E-state index < -0.39 is 12.0 Å². The molecular formula is C13H16FNO3. The molecule has 1 aromatic rings. The first-order valence-electron chi connectivity index (χ1n) is 5.90. The minimum absolute atomic E-state index is 0.0777. The molecule has 0 bridgehead atoms. The fourth-order valence-electron chi connectivity index (χ4n) is 2.20. The van der Waals surface area contributed by atoms with Gasteiger partial charge in [-0.05, 0) is 37.1 Å². The van der Waals surface area contributed by atoms with Crippen LogP contribution in [0, 0.1) is 18.7 Å². The summed E-state index contributed by atoms with van der Waals surface area (Å²) in [6.45, 7) is 2.78. The predicted molar refractivity (Wildman–Crippen MR) is 65.1 cm³/mol. The van der Waals surface area contributed by atoms with Crippen molar-refractivity contribution in [3.05, 3.63) is 29.6 Å². The maximum Gasteiger partial charge on any atom is 0.326 e. The van der Waals surface area contributed by atoms with E-state index in [1.54, 1.807) is 13.0 Å². The predicted octanol–water partition coefficient (Wildman–Crippen LogP) is 2.04.